The summed E-state index contributed by atoms with van der Waals surface area (Å²) in [5, 5.41) is -1.07. The molecule has 0 aliphatic rings. The van der Waals surface area contributed by atoms with Crippen LogP contribution in [0.4, 0.5) is 5.69 Å². The molecule has 0 saturated carbocycles. The fraction of sp³-hybridized carbons (Fsp3) is 0.188. The van der Waals surface area contributed by atoms with Gasteiger partial charge in [-0.15, -0.1) is 0 Å². The molecule has 0 heterocycles. The number of carbonyl (C=O) groups is 1. The third-order valence-corrected chi connectivity index (χ3v) is 5.34. The summed E-state index contributed by atoms with van der Waals surface area (Å²) in [6.45, 7) is 1.43. The zero-order valence-corrected chi connectivity index (χ0v) is 12.5. The molecule has 5 heteroatoms. The van der Waals surface area contributed by atoms with Gasteiger partial charge in [0.1, 0.15) is 5.25 Å². The van der Waals surface area contributed by atoms with E-state index >= 15 is 0 Å². The number of carbonyl (C=O) groups excluding carboxylic acids is 1. The van der Waals surface area contributed by atoms with Crippen LogP contribution in [-0.4, -0.2) is 19.5 Å². The minimum absolute atomic E-state index is 0.174. The first-order valence-electron chi connectivity index (χ1n) is 6.55. The van der Waals surface area contributed by atoms with Crippen LogP contribution in [-0.2, 0) is 15.6 Å². The van der Waals surface area contributed by atoms with Crippen LogP contribution < -0.4 is 5.73 Å². The number of Topliss-reactive ketones (excluding diaryl/α,β-unsaturated/α-hetero) is 1. The van der Waals surface area contributed by atoms with Gasteiger partial charge in [0.2, 0.25) is 0 Å². The number of benzene rings is 2. The Morgan fingerprint density at radius 3 is 2.19 bits per heavy atom. The van der Waals surface area contributed by atoms with Crippen LogP contribution in [0.2, 0.25) is 0 Å². The van der Waals surface area contributed by atoms with Crippen LogP contribution in [0.1, 0.15) is 22.8 Å². The summed E-state index contributed by atoms with van der Waals surface area (Å²) in [7, 11) is -3.56. The predicted octanol–water partition coefficient (Wildman–Crippen LogP) is 2.46. The Morgan fingerprint density at radius 2 is 1.62 bits per heavy atom. The molecule has 1 unspecified atom stereocenters. The van der Waals surface area contributed by atoms with Crippen LogP contribution in [0, 0.1) is 0 Å². The summed E-state index contributed by atoms with van der Waals surface area (Å²) >= 11 is 0. The predicted molar refractivity (Wildman–Crippen MR) is 83.7 cm³/mol. The van der Waals surface area contributed by atoms with E-state index < -0.39 is 15.1 Å². The second-order valence-electron chi connectivity index (χ2n) is 4.92. The van der Waals surface area contributed by atoms with Gasteiger partial charge in [-0.25, -0.2) is 8.42 Å². The normalized spacial score (nSPS) is 12.8. The van der Waals surface area contributed by atoms with E-state index in [1.165, 1.54) is 6.92 Å². The molecule has 2 aromatic carbocycles. The van der Waals surface area contributed by atoms with E-state index in [4.69, 9.17) is 5.73 Å². The van der Waals surface area contributed by atoms with Crippen molar-refractivity contribution in [1.82, 2.24) is 0 Å². The lowest BCUT2D eigenvalue weighted by atomic mass is 10.1. The van der Waals surface area contributed by atoms with E-state index in [2.05, 4.69) is 0 Å². The number of nitrogen functional groups attached to an aromatic ring is 1. The molecule has 0 radical (unpaired) electrons. The topological polar surface area (TPSA) is 77.2 Å². The van der Waals surface area contributed by atoms with Gasteiger partial charge in [0.25, 0.3) is 0 Å². The summed E-state index contributed by atoms with van der Waals surface area (Å²) in [4.78, 5) is 12.2. The highest BCUT2D eigenvalue weighted by Gasteiger charge is 2.28. The van der Waals surface area contributed by atoms with E-state index in [-0.39, 0.29) is 11.5 Å². The van der Waals surface area contributed by atoms with Crippen molar-refractivity contribution in [2.24, 2.45) is 0 Å². The van der Waals surface area contributed by atoms with Gasteiger partial charge in [-0.05, 0) is 24.6 Å². The summed E-state index contributed by atoms with van der Waals surface area (Å²) in [5.74, 6) is -0.557. The Labute approximate surface area is 124 Å². The highest BCUT2D eigenvalue weighted by Crippen LogP contribution is 2.16. The van der Waals surface area contributed by atoms with Crippen LogP contribution in [0.5, 0.6) is 0 Å². The molecule has 0 aromatic heterocycles. The van der Waals surface area contributed by atoms with Crippen molar-refractivity contribution in [3.05, 3.63) is 65.7 Å². The summed E-state index contributed by atoms with van der Waals surface area (Å²) in [6.07, 6.45) is 0. The maximum atomic E-state index is 12.3. The molecule has 0 spiro atoms. The van der Waals surface area contributed by atoms with Crippen LogP contribution >= 0.6 is 0 Å². The van der Waals surface area contributed by atoms with Gasteiger partial charge in [0, 0.05) is 11.3 Å². The molecule has 1 atom stereocenters. The SMILES string of the molecule is CC(C(=O)c1ccccc1)S(=O)(=O)Cc1ccc(N)cc1. The van der Waals surface area contributed by atoms with Crippen LogP contribution in [0.3, 0.4) is 0 Å². The molecule has 4 nitrogen and oxygen atoms in total. The van der Waals surface area contributed by atoms with Crippen molar-refractivity contribution in [1.29, 1.82) is 0 Å². The van der Waals surface area contributed by atoms with E-state index in [0.717, 1.165) is 0 Å². The Bertz CT molecular complexity index is 722. The molecule has 2 aromatic rings. The number of anilines is 1. The average molecular weight is 303 g/mol. The molecule has 0 fully saturated rings. The molecule has 0 bridgehead atoms. The molecule has 0 aliphatic carbocycles. The van der Waals surface area contributed by atoms with E-state index in [1.54, 1.807) is 54.6 Å². The van der Waals surface area contributed by atoms with Crippen LogP contribution in [0.25, 0.3) is 0 Å². The zero-order chi connectivity index (χ0) is 15.5. The third kappa shape index (κ3) is 3.70. The van der Waals surface area contributed by atoms with Crippen molar-refractivity contribution in [2.45, 2.75) is 17.9 Å². The smallest absolute Gasteiger partial charge is 0.180 e. The molecule has 110 valence electrons. The largest absolute Gasteiger partial charge is 0.399 e. The zero-order valence-electron chi connectivity index (χ0n) is 11.7. The van der Waals surface area contributed by atoms with Crippen LogP contribution in [0.15, 0.2) is 54.6 Å². The molecule has 2 N–H and O–H groups in total. The van der Waals surface area contributed by atoms with Gasteiger partial charge in [-0.1, -0.05) is 42.5 Å². The quantitative estimate of drug-likeness (QED) is 0.680. The van der Waals surface area contributed by atoms with Gasteiger partial charge >= 0.3 is 0 Å². The Balaban J connectivity index is 2.19. The Hall–Kier alpha value is -2.14. The fourth-order valence-electron chi connectivity index (χ4n) is 1.97. The second kappa shape index (κ2) is 6.10. The van der Waals surface area contributed by atoms with Crippen molar-refractivity contribution in [3.63, 3.8) is 0 Å². The fourth-order valence-corrected chi connectivity index (χ4v) is 3.34. The van der Waals surface area contributed by atoms with Gasteiger partial charge in [0.15, 0.2) is 15.6 Å². The summed E-state index contributed by atoms with van der Waals surface area (Å²) < 4.78 is 24.7. The third-order valence-electron chi connectivity index (χ3n) is 3.31. The monoisotopic (exact) mass is 303 g/mol. The van der Waals surface area contributed by atoms with Crippen molar-refractivity contribution in [3.8, 4) is 0 Å². The van der Waals surface area contributed by atoms with Crippen molar-refractivity contribution < 1.29 is 13.2 Å². The number of ketones is 1. The maximum Gasteiger partial charge on any atom is 0.180 e. The van der Waals surface area contributed by atoms with E-state index in [0.29, 0.717) is 16.8 Å². The average Bonchev–Trinajstić information content (AvgIpc) is 2.49. The second-order valence-corrected chi connectivity index (χ2v) is 7.24. The van der Waals surface area contributed by atoms with Gasteiger partial charge in [-0.2, -0.15) is 0 Å². The molecular formula is C16H17NO3S. The van der Waals surface area contributed by atoms with Gasteiger partial charge < -0.3 is 5.73 Å². The molecule has 0 amide bonds. The molecular weight excluding hydrogens is 286 g/mol. The number of hydrogen-bond donors (Lipinski definition) is 1. The number of rotatable bonds is 5. The highest BCUT2D eigenvalue weighted by atomic mass is 32.2. The number of nitrogens with two attached hydrogens (primary N) is 1. The summed E-state index contributed by atoms with van der Waals surface area (Å²) in [5.41, 5.74) is 7.17. The minimum atomic E-state index is -3.56. The lowest BCUT2D eigenvalue weighted by molar-refractivity contribution is 0.0991. The molecule has 2 rings (SSSR count). The van der Waals surface area contributed by atoms with Gasteiger partial charge in [-0.3, -0.25) is 4.79 Å². The lowest BCUT2D eigenvalue weighted by Crippen LogP contribution is -2.28. The van der Waals surface area contributed by atoms with Crippen molar-refractivity contribution >= 4 is 21.3 Å². The first kappa shape index (κ1) is 15.3. The van der Waals surface area contributed by atoms with E-state index in [9.17, 15) is 13.2 Å². The lowest BCUT2D eigenvalue weighted by Gasteiger charge is -2.12. The molecule has 0 saturated heterocycles. The number of sulfone groups is 1. The summed E-state index contributed by atoms with van der Waals surface area (Å²) in [6, 6.07) is 15.1. The highest BCUT2D eigenvalue weighted by molar-refractivity contribution is 7.92. The van der Waals surface area contributed by atoms with E-state index in [1.807, 2.05) is 0 Å². The standard InChI is InChI=1S/C16H17NO3S/c1-12(16(18)14-5-3-2-4-6-14)21(19,20)11-13-7-9-15(17)10-8-13/h2-10,12H,11,17H2,1H3. The number of hydrogen-bond acceptors (Lipinski definition) is 4. The Morgan fingerprint density at radius 1 is 1.05 bits per heavy atom. The molecule has 21 heavy (non-hydrogen) atoms. The van der Waals surface area contributed by atoms with Crippen molar-refractivity contribution in [2.75, 3.05) is 5.73 Å². The Kier molecular flexibility index (Phi) is 4.43. The maximum absolute atomic E-state index is 12.3. The molecule has 0 aliphatic heterocycles. The van der Waals surface area contributed by atoms with Gasteiger partial charge in [0.05, 0.1) is 5.75 Å². The minimum Gasteiger partial charge on any atom is -0.399 e. The first-order chi connectivity index (χ1) is 9.90. The first-order valence-corrected chi connectivity index (χ1v) is 8.27.